The van der Waals surface area contributed by atoms with Gasteiger partial charge in [0, 0.05) is 75.5 Å². The largest absolute Gasteiger partial charge is 0.353 e. The molecule has 0 heterocycles. The number of amides is 3. The highest BCUT2D eigenvalue weighted by molar-refractivity contribution is 5.84. The van der Waals surface area contributed by atoms with Crippen molar-refractivity contribution < 1.29 is 38.4 Å². The van der Waals surface area contributed by atoms with Crippen molar-refractivity contribution in [2.45, 2.75) is 129 Å². The molecule has 232 valence electrons. The van der Waals surface area contributed by atoms with Gasteiger partial charge >= 0.3 is 0 Å². The molecule has 0 aromatic heterocycles. The quantitative estimate of drug-likeness (QED) is 0.138. The third-order valence-corrected chi connectivity index (χ3v) is 6.40. The number of carbonyl (C=O) groups is 8. The first kappa shape index (κ1) is 37.7. The van der Waals surface area contributed by atoms with Crippen LogP contribution in [0.15, 0.2) is 0 Å². The molecule has 3 atom stereocenters. The zero-order chi connectivity index (χ0) is 31.5. The van der Waals surface area contributed by atoms with E-state index in [0.29, 0.717) is 12.8 Å². The summed E-state index contributed by atoms with van der Waals surface area (Å²) >= 11 is 0. The summed E-state index contributed by atoms with van der Waals surface area (Å²) in [6.07, 6.45) is 1.29. The maximum atomic E-state index is 13.0. The van der Waals surface area contributed by atoms with Crippen LogP contribution in [0, 0.1) is 0 Å². The van der Waals surface area contributed by atoms with Gasteiger partial charge in [-0.05, 0) is 60.9 Å². The van der Waals surface area contributed by atoms with E-state index in [0.717, 1.165) is 0 Å². The maximum absolute atomic E-state index is 13.0. The van der Waals surface area contributed by atoms with Crippen LogP contribution in [0.25, 0.3) is 0 Å². The fourth-order valence-electron chi connectivity index (χ4n) is 4.33. The molecule has 0 aromatic carbocycles. The molecule has 0 aliphatic rings. The van der Waals surface area contributed by atoms with E-state index in [-0.39, 0.29) is 98.7 Å². The fourth-order valence-corrected chi connectivity index (χ4v) is 4.33. The van der Waals surface area contributed by atoms with Crippen molar-refractivity contribution in [1.82, 2.24) is 21.3 Å². The van der Waals surface area contributed by atoms with Crippen molar-refractivity contribution >= 4 is 46.6 Å². The van der Waals surface area contributed by atoms with Gasteiger partial charge in [-0.15, -0.1) is 0 Å². The van der Waals surface area contributed by atoms with Gasteiger partial charge in [-0.25, -0.2) is 0 Å². The van der Waals surface area contributed by atoms with Gasteiger partial charge < -0.3 is 35.7 Å². The molecule has 0 bridgehead atoms. The van der Waals surface area contributed by atoms with E-state index in [1.54, 1.807) is 7.05 Å². The van der Waals surface area contributed by atoms with E-state index >= 15 is 0 Å². The summed E-state index contributed by atoms with van der Waals surface area (Å²) in [6, 6.07) is -2.24. The average Bonchev–Trinajstić information content (AvgIpc) is 2.82. The van der Waals surface area contributed by atoms with Crippen molar-refractivity contribution in [3.63, 3.8) is 0 Å². The lowest BCUT2D eigenvalue weighted by Crippen LogP contribution is -2.46. The SMILES string of the molecule is CNC(CCC(C)=O)CC(=O)NC(CCC(C)=O)CC(=O)NC(CCC(C)=O)CC(=O)NC(CC(C)=O)CC(C)=O. The predicted molar refractivity (Wildman–Crippen MR) is 153 cm³/mol. The topological polar surface area (TPSA) is 185 Å². The molecule has 12 nitrogen and oxygen atoms in total. The Hall–Kier alpha value is -3.28. The first-order chi connectivity index (χ1) is 19.1. The number of hydrogen-bond donors (Lipinski definition) is 4. The summed E-state index contributed by atoms with van der Waals surface area (Å²) < 4.78 is 0. The zero-order valence-corrected chi connectivity index (χ0v) is 25.4. The van der Waals surface area contributed by atoms with E-state index in [2.05, 4.69) is 21.3 Å². The molecule has 3 unspecified atom stereocenters. The Morgan fingerprint density at radius 1 is 0.415 bits per heavy atom. The summed E-state index contributed by atoms with van der Waals surface area (Å²) in [5.74, 6) is -1.84. The van der Waals surface area contributed by atoms with E-state index in [9.17, 15) is 38.4 Å². The number of rotatable bonds is 23. The highest BCUT2D eigenvalue weighted by Gasteiger charge is 2.24. The van der Waals surface area contributed by atoms with Crippen LogP contribution in [0.2, 0.25) is 0 Å². The van der Waals surface area contributed by atoms with Crippen molar-refractivity contribution in [1.29, 1.82) is 0 Å². The summed E-state index contributed by atoms with van der Waals surface area (Å²) in [5.41, 5.74) is 0. The molecule has 0 rings (SSSR count). The second kappa shape index (κ2) is 20.6. The summed E-state index contributed by atoms with van der Waals surface area (Å²) in [7, 11) is 1.69. The van der Waals surface area contributed by atoms with E-state index in [4.69, 9.17) is 0 Å². The van der Waals surface area contributed by atoms with E-state index in [1.807, 2.05) is 0 Å². The van der Waals surface area contributed by atoms with Crippen LogP contribution in [-0.4, -0.2) is 77.9 Å². The first-order valence-electron chi connectivity index (χ1n) is 14.1. The molecule has 3 amide bonds. The molecule has 41 heavy (non-hydrogen) atoms. The summed E-state index contributed by atoms with van der Waals surface area (Å²) in [5, 5.41) is 11.2. The Morgan fingerprint density at radius 2 is 0.707 bits per heavy atom. The minimum atomic E-state index is -0.703. The Morgan fingerprint density at radius 3 is 1.00 bits per heavy atom. The normalized spacial score (nSPS) is 13.0. The molecule has 0 radical (unpaired) electrons. The van der Waals surface area contributed by atoms with E-state index in [1.165, 1.54) is 34.6 Å². The lowest BCUT2D eigenvalue weighted by atomic mass is 10.0. The molecule has 12 heteroatoms. The molecule has 0 aliphatic heterocycles. The van der Waals surface area contributed by atoms with Gasteiger partial charge in [-0.1, -0.05) is 0 Å². The number of nitrogens with one attached hydrogen (secondary N) is 4. The molecule has 0 fully saturated rings. The number of hydrogen-bond acceptors (Lipinski definition) is 9. The minimum Gasteiger partial charge on any atom is -0.353 e. The van der Waals surface area contributed by atoms with E-state index < -0.39 is 29.9 Å². The van der Waals surface area contributed by atoms with Gasteiger partial charge in [0.2, 0.25) is 17.7 Å². The number of Topliss-reactive ketones (excluding diaryl/α,β-unsaturated/α-hetero) is 5. The van der Waals surface area contributed by atoms with Crippen LogP contribution >= 0.6 is 0 Å². The Balaban J connectivity index is 5.39. The average molecular weight is 581 g/mol. The van der Waals surface area contributed by atoms with Gasteiger partial charge in [-0.2, -0.15) is 0 Å². The maximum Gasteiger partial charge on any atom is 0.222 e. The Kier molecular flexibility index (Phi) is 18.9. The van der Waals surface area contributed by atoms with Gasteiger partial charge in [-0.3, -0.25) is 24.0 Å². The van der Waals surface area contributed by atoms with Crippen LogP contribution in [0.1, 0.15) is 105 Å². The van der Waals surface area contributed by atoms with Crippen molar-refractivity contribution in [3.8, 4) is 0 Å². The fraction of sp³-hybridized carbons (Fsp3) is 0.724. The molecule has 0 aromatic rings. The smallest absolute Gasteiger partial charge is 0.222 e. The third kappa shape index (κ3) is 21.2. The second-order valence-electron chi connectivity index (χ2n) is 10.9. The summed E-state index contributed by atoms with van der Waals surface area (Å²) in [6.45, 7) is 7.02. The van der Waals surface area contributed by atoms with Crippen molar-refractivity contribution in [2.75, 3.05) is 7.05 Å². The Bertz CT molecular complexity index is 933. The molecule has 0 aliphatic carbocycles. The highest BCUT2D eigenvalue weighted by atomic mass is 16.2. The lowest BCUT2D eigenvalue weighted by Gasteiger charge is -2.23. The van der Waals surface area contributed by atoms with Gasteiger partial charge in [0.25, 0.3) is 0 Å². The minimum absolute atomic E-state index is 0.00349. The van der Waals surface area contributed by atoms with Gasteiger partial charge in [0.15, 0.2) is 0 Å². The molecular weight excluding hydrogens is 532 g/mol. The van der Waals surface area contributed by atoms with Crippen LogP contribution in [0.5, 0.6) is 0 Å². The highest BCUT2D eigenvalue weighted by Crippen LogP contribution is 2.10. The second-order valence-corrected chi connectivity index (χ2v) is 10.9. The van der Waals surface area contributed by atoms with Crippen molar-refractivity contribution in [3.05, 3.63) is 0 Å². The van der Waals surface area contributed by atoms with Crippen LogP contribution < -0.4 is 21.3 Å². The predicted octanol–water partition coefficient (Wildman–Crippen LogP) is 1.26. The van der Waals surface area contributed by atoms with Gasteiger partial charge in [0.05, 0.1) is 0 Å². The standard InChI is InChI=1S/C29H48N4O8/c1-18(34)7-10-23(30-6)15-27(39)31-24(11-8-19(2)35)16-28(40)32-25(12-9-20(3)36)17-29(41)33-26(13-21(4)37)14-22(5)38/h23-26,30H,7-17H2,1-6H3,(H,31,39)(H,32,40)(H,33,41). The molecule has 0 spiro atoms. The van der Waals surface area contributed by atoms with Crippen LogP contribution in [-0.2, 0) is 38.4 Å². The van der Waals surface area contributed by atoms with Crippen molar-refractivity contribution in [2.24, 2.45) is 0 Å². The molecule has 4 N–H and O–H groups in total. The molecular formula is C29H48N4O8. The van der Waals surface area contributed by atoms with Gasteiger partial charge in [0.1, 0.15) is 28.9 Å². The first-order valence-corrected chi connectivity index (χ1v) is 14.1. The number of ketones is 5. The Labute approximate surface area is 242 Å². The summed E-state index contributed by atoms with van der Waals surface area (Å²) in [4.78, 5) is 96.0. The van der Waals surface area contributed by atoms with Crippen LogP contribution in [0.4, 0.5) is 0 Å². The zero-order valence-electron chi connectivity index (χ0n) is 25.4. The lowest BCUT2D eigenvalue weighted by molar-refractivity contribution is -0.126. The monoisotopic (exact) mass is 580 g/mol. The third-order valence-electron chi connectivity index (χ3n) is 6.40. The molecule has 0 saturated carbocycles. The van der Waals surface area contributed by atoms with Crippen LogP contribution in [0.3, 0.4) is 0 Å². The number of carbonyl (C=O) groups excluding carboxylic acids is 8. The molecule has 0 saturated heterocycles.